The van der Waals surface area contributed by atoms with Crippen molar-refractivity contribution in [2.24, 2.45) is 0 Å². The third kappa shape index (κ3) is 5.15. The number of methoxy groups -OCH3 is 2. The number of rotatable bonds is 6. The SMILES string of the molecule is COC(CN(CC#N)CC#N)OC. The Labute approximate surface area is 78.1 Å². The zero-order valence-electron chi connectivity index (χ0n) is 7.86. The van der Waals surface area contributed by atoms with Gasteiger partial charge in [0.05, 0.1) is 31.8 Å². The van der Waals surface area contributed by atoms with Gasteiger partial charge in [-0.25, -0.2) is 0 Å². The first-order valence-corrected chi connectivity index (χ1v) is 3.80. The Bertz CT molecular complexity index is 186. The fourth-order valence-electron chi connectivity index (χ4n) is 0.841. The van der Waals surface area contributed by atoms with E-state index in [0.29, 0.717) is 6.54 Å². The summed E-state index contributed by atoms with van der Waals surface area (Å²) in [5.74, 6) is 0. The summed E-state index contributed by atoms with van der Waals surface area (Å²) in [5, 5.41) is 16.9. The second kappa shape index (κ2) is 7.51. The van der Waals surface area contributed by atoms with E-state index >= 15 is 0 Å². The van der Waals surface area contributed by atoms with Gasteiger partial charge < -0.3 is 9.47 Å². The van der Waals surface area contributed by atoms with Crippen LogP contribution in [0, 0.1) is 22.7 Å². The van der Waals surface area contributed by atoms with Crippen LogP contribution in [0.2, 0.25) is 0 Å². The van der Waals surface area contributed by atoms with Crippen LogP contribution in [0.25, 0.3) is 0 Å². The molecule has 0 rings (SSSR count). The van der Waals surface area contributed by atoms with E-state index in [1.165, 1.54) is 14.2 Å². The monoisotopic (exact) mass is 183 g/mol. The van der Waals surface area contributed by atoms with E-state index < -0.39 is 0 Å². The Morgan fingerprint density at radius 3 is 1.92 bits per heavy atom. The maximum Gasteiger partial charge on any atom is 0.169 e. The van der Waals surface area contributed by atoms with Crippen molar-refractivity contribution in [1.29, 1.82) is 10.5 Å². The highest BCUT2D eigenvalue weighted by molar-refractivity contribution is 4.83. The van der Waals surface area contributed by atoms with Crippen molar-refractivity contribution in [3.8, 4) is 12.1 Å². The van der Waals surface area contributed by atoms with Crippen LogP contribution in [-0.2, 0) is 9.47 Å². The van der Waals surface area contributed by atoms with Crippen LogP contribution in [0.15, 0.2) is 0 Å². The summed E-state index contributed by atoms with van der Waals surface area (Å²) in [6.45, 7) is 0.835. The summed E-state index contributed by atoms with van der Waals surface area (Å²) in [6, 6.07) is 3.94. The summed E-state index contributed by atoms with van der Waals surface area (Å²) >= 11 is 0. The molecule has 0 aromatic rings. The van der Waals surface area contributed by atoms with Crippen LogP contribution in [0.3, 0.4) is 0 Å². The molecule has 0 heterocycles. The lowest BCUT2D eigenvalue weighted by molar-refractivity contribution is -0.113. The summed E-state index contributed by atoms with van der Waals surface area (Å²) in [7, 11) is 3.04. The largest absolute Gasteiger partial charge is 0.355 e. The van der Waals surface area contributed by atoms with Crippen molar-refractivity contribution >= 4 is 0 Å². The van der Waals surface area contributed by atoms with Crippen LogP contribution in [0.5, 0.6) is 0 Å². The fraction of sp³-hybridized carbons (Fsp3) is 0.750. The van der Waals surface area contributed by atoms with E-state index in [0.717, 1.165) is 0 Å². The Kier molecular flexibility index (Phi) is 6.85. The molecule has 0 amide bonds. The van der Waals surface area contributed by atoms with Crippen LogP contribution < -0.4 is 0 Å². The standard InChI is InChI=1S/C8H13N3O2/c1-12-8(13-2)7-11(5-3-9)6-4-10/h8H,5-7H2,1-2H3. The first-order chi connectivity index (χ1) is 6.28. The first kappa shape index (κ1) is 11.9. The number of hydrogen-bond donors (Lipinski definition) is 0. The van der Waals surface area contributed by atoms with Gasteiger partial charge in [-0.2, -0.15) is 10.5 Å². The highest BCUT2D eigenvalue weighted by atomic mass is 16.7. The first-order valence-electron chi connectivity index (χ1n) is 3.80. The molecule has 0 saturated carbocycles. The van der Waals surface area contributed by atoms with Gasteiger partial charge in [0.1, 0.15) is 0 Å². The predicted octanol–water partition coefficient (Wildman–Crippen LogP) is -0.0455. The van der Waals surface area contributed by atoms with Crippen molar-refractivity contribution in [1.82, 2.24) is 4.90 Å². The van der Waals surface area contributed by atoms with Crippen LogP contribution in [0.4, 0.5) is 0 Å². The topological polar surface area (TPSA) is 69.3 Å². The molecule has 0 unspecified atom stereocenters. The molecule has 72 valence electrons. The molecule has 5 heteroatoms. The molecule has 0 aromatic heterocycles. The Morgan fingerprint density at radius 1 is 1.15 bits per heavy atom. The van der Waals surface area contributed by atoms with Gasteiger partial charge >= 0.3 is 0 Å². The molecule has 13 heavy (non-hydrogen) atoms. The third-order valence-electron chi connectivity index (χ3n) is 1.52. The third-order valence-corrected chi connectivity index (χ3v) is 1.52. The molecule has 0 bridgehead atoms. The van der Waals surface area contributed by atoms with Crippen molar-refractivity contribution in [3.63, 3.8) is 0 Å². The van der Waals surface area contributed by atoms with E-state index in [4.69, 9.17) is 20.0 Å². The summed E-state index contributed by atoms with van der Waals surface area (Å²) in [6.07, 6.45) is -0.387. The Morgan fingerprint density at radius 2 is 1.62 bits per heavy atom. The normalized spacial score (nSPS) is 10.0. The second-order valence-electron chi connectivity index (χ2n) is 2.39. The minimum atomic E-state index is -0.387. The highest BCUT2D eigenvalue weighted by Gasteiger charge is 2.11. The Balaban J connectivity index is 3.94. The number of hydrogen-bond acceptors (Lipinski definition) is 5. The molecule has 0 spiro atoms. The molecule has 0 aromatic carbocycles. The van der Waals surface area contributed by atoms with Gasteiger partial charge in [0.25, 0.3) is 0 Å². The highest BCUT2D eigenvalue weighted by Crippen LogP contribution is 1.95. The molecule has 0 radical (unpaired) electrons. The predicted molar refractivity (Wildman–Crippen MR) is 45.5 cm³/mol. The maximum absolute atomic E-state index is 8.44. The quantitative estimate of drug-likeness (QED) is 0.426. The van der Waals surface area contributed by atoms with Crippen molar-refractivity contribution < 1.29 is 9.47 Å². The van der Waals surface area contributed by atoms with Crippen LogP contribution in [-0.4, -0.2) is 45.0 Å². The van der Waals surface area contributed by atoms with E-state index in [-0.39, 0.29) is 19.4 Å². The van der Waals surface area contributed by atoms with Crippen molar-refractivity contribution in [2.45, 2.75) is 6.29 Å². The van der Waals surface area contributed by atoms with Gasteiger partial charge in [-0.3, -0.25) is 4.90 Å². The maximum atomic E-state index is 8.44. The number of ether oxygens (including phenoxy) is 2. The van der Waals surface area contributed by atoms with Gasteiger partial charge in [0.15, 0.2) is 6.29 Å². The molecule has 0 saturated heterocycles. The van der Waals surface area contributed by atoms with Gasteiger partial charge in [-0.05, 0) is 0 Å². The molecule has 0 atom stereocenters. The molecular formula is C8H13N3O2. The lowest BCUT2D eigenvalue weighted by Gasteiger charge is -2.20. The van der Waals surface area contributed by atoms with Gasteiger partial charge in [0, 0.05) is 14.2 Å². The van der Waals surface area contributed by atoms with Crippen LogP contribution in [0.1, 0.15) is 0 Å². The van der Waals surface area contributed by atoms with E-state index in [1.807, 2.05) is 12.1 Å². The molecule has 0 aliphatic heterocycles. The molecule has 5 nitrogen and oxygen atoms in total. The van der Waals surface area contributed by atoms with E-state index in [1.54, 1.807) is 4.90 Å². The average Bonchev–Trinajstić information content (AvgIpc) is 2.14. The van der Waals surface area contributed by atoms with Crippen molar-refractivity contribution in [3.05, 3.63) is 0 Å². The van der Waals surface area contributed by atoms with Gasteiger partial charge in [-0.15, -0.1) is 0 Å². The lowest BCUT2D eigenvalue weighted by Crippen LogP contribution is -2.35. The summed E-state index contributed by atoms with van der Waals surface area (Å²) < 4.78 is 9.88. The summed E-state index contributed by atoms with van der Waals surface area (Å²) in [4.78, 5) is 1.65. The van der Waals surface area contributed by atoms with E-state index in [2.05, 4.69) is 0 Å². The molecule has 0 aliphatic rings. The van der Waals surface area contributed by atoms with Crippen molar-refractivity contribution in [2.75, 3.05) is 33.9 Å². The van der Waals surface area contributed by atoms with Gasteiger partial charge in [0.2, 0.25) is 0 Å². The molecule has 0 N–H and O–H groups in total. The minimum absolute atomic E-state index is 0.205. The average molecular weight is 183 g/mol. The van der Waals surface area contributed by atoms with Gasteiger partial charge in [-0.1, -0.05) is 0 Å². The van der Waals surface area contributed by atoms with Crippen LogP contribution >= 0.6 is 0 Å². The second-order valence-corrected chi connectivity index (χ2v) is 2.39. The smallest absolute Gasteiger partial charge is 0.169 e. The fourth-order valence-corrected chi connectivity index (χ4v) is 0.841. The minimum Gasteiger partial charge on any atom is -0.355 e. The molecule has 0 aliphatic carbocycles. The van der Waals surface area contributed by atoms with E-state index in [9.17, 15) is 0 Å². The molecule has 0 fully saturated rings. The Hall–Kier alpha value is -1.14. The zero-order valence-corrected chi connectivity index (χ0v) is 7.86. The molecular weight excluding hydrogens is 170 g/mol. The zero-order chi connectivity index (χ0) is 10.1. The number of nitrogens with zero attached hydrogens (tertiary/aromatic N) is 3. The lowest BCUT2D eigenvalue weighted by atomic mass is 10.4. The summed E-state index contributed by atoms with van der Waals surface area (Å²) in [5.41, 5.74) is 0. The number of nitriles is 2.